The first-order chi connectivity index (χ1) is 10.1. The van der Waals surface area contributed by atoms with Crippen molar-refractivity contribution in [2.75, 3.05) is 13.2 Å². The molecule has 0 heterocycles. The molecule has 4 heteroatoms. The van der Waals surface area contributed by atoms with E-state index in [0.29, 0.717) is 18.8 Å². The highest BCUT2D eigenvalue weighted by Crippen LogP contribution is 2.26. The monoisotopic (exact) mass is 297 g/mol. The normalized spacial score (nSPS) is 22.2. The third-order valence-corrected chi connectivity index (χ3v) is 4.55. The molecule has 2 aliphatic carbocycles. The Kier molecular flexibility index (Phi) is 6.49. The second-order valence-corrected chi connectivity index (χ2v) is 6.71. The highest BCUT2D eigenvalue weighted by molar-refractivity contribution is 5.80. The van der Waals surface area contributed by atoms with Gasteiger partial charge in [-0.1, -0.05) is 12.8 Å². The lowest BCUT2D eigenvalue weighted by atomic mass is 9.94. The lowest BCUT2D eigenvalue weighted by molar-refractivity contribution is -0.151. The molecule has 0 aromatic rings. The van der Waals surface area contributed by atoms with Crippen LogP contribution < -0.4 is 5.32 Å². The Morgan fingerprint density at radius 1 is 1.19 bits per heavy atom. The largest absolute Gasteiger partial charge is 0.465 e. The van der Waals surface area contributed by atoms with E-state index in [4.69, 9.17) is 9.47 Å². The summed E-state index contributed by atoms with van der Waals surface area (Å²) in [6, 6.07) is 0.508. The van der Waals surface area contributed by atoms with Crippen LogP contribution in [0.5, 0.6) is 0 Å². The number of unbranched alkanes of at least 4 members (excludes halogenated alkanes) is 1. The molecule has 2 saturated carbocycles. The summed E-state index contributed by atoms with van der Waals surface area (Å²) in [5.74, 6) is -0.103. The van der Waals surface area contributed by atoms with Crippen molar-refractivity contribution in [2.24, 2.45) is 0 Å². The van der Waals surface area contributed by atoms with E-state index in [9.17, 15) is 4.79 Å². The molecule has 122 valence electrons. The fourth-order valence-electron chi connectivity index (χ4n) is 3.09. The minimum Gasteiger partial charge on any atom is -0.465 e. The van der Waals surface area contributed by atoms with Crippen LogP contribution in [0, 0.1) is 0 Å². The van der Waals surface area contributed by atoms with E-state index in [1.807, 2.05) is 13.8 Å². The van der Waals surface area contributed by atoms with Crippen LogP contribution in [0.4, 0.5) is 0 Å². The second-order valence-electron chi connectivity index (χ2n) is 6.71. The maximum Gasteiger partial charge on any atom is 0.326 e. The van der Waals surface area contributed by atoms with Gasteiger partial charge in [0.2, 0.25) is 0 Å². The first kappa shape index (κ1) is 16.8. The summed E-state index contributed by atoms with van der Waals surface area (Å²) in [7, 11) is 0. The zero-order chi connectivity index (χ0) is 15.1. The smallest absolute Gasteiger partial charge is 0.326 e. The maximum absolute atomic E-state index is 12.2. The zero-order valence-corrected chi connectivity index (χ0v) is 13.7. The number of carbonyl (C=O) groups is 1. The summed E-state index contributed by atoms with van der Waals surface area (Å²) in [6.45, 7) is 5.13. The number of hydrogen-bond donors (Lipinski definition) is 1. The number of nitrogens with one attached hydrogen (secondary N) is 1. The topological polar surface area (TPSA) is 47.6 Å². The SMILES string of the molecule is CCOC(=O)C(C)(CCCCOC1CCCC1)NC1CC1. The highest BCUT2D eigenvalue weighted by Gasteiger charge is 2.39. The fourth-order valence-corrected chi connectivity index (χ4v) is 3.09. The molecule has 0 aliphatic heterocycles. The van der Waals surface area contributed by atoms with E-state index in [1.165, 1.54) is 38.5 Å². The van der Waals surface area contributed by atoms with Crippen LogP contribution >= 0.6 is 0 Å². The third kappa shape index (κ3) is 5.59. The molecule has 0 aromatic heterocycles. The van der Waals surface area contributed by atoms with Gasteiger partial charge in [0.1, 0.15) is 5.54 Å². The molecule has 0 spiro atoms. The Bertz CT molecular complexity index is 324. The number of esters is 1. The van der Waals surface area contributed by atoms with Gasteiger partial charge in [-0.2, -0.15) is 0 Å². The molecule has 1 N–H and O–H groups in total. The molecule has 2 aliphatic rings. The molecule has 0 amide bonds. The molecule has 1 atom stereocenters. The van der Waals surface area contributed by atoms with Crippen LogP contribution in [0.3, 0.4) is 0 Å². The van der Waals surface area contributed by atoms with Crippen LogP contribution in [0.1, 0.15) is 71.6 Å². The predicted octanol–water partition coefficient (Wildman–Crippen LogP) is 3.19. The van der Waals surface area contributed by atoms with E-state index < -0.39 is 5.54 Å². The Labute approximate surface area is 129 Å². The number of carbonyl (C=O) groups excluding carboxylic acids is 1. The van der Waals surface area contributed by atoms with Crippen LogP contribution in [0.25, 0.3) is 0 Å². The van der Waals surface area contributed by atoms with Crippen LogP contribution in [0.15, 0.2) is 0 Å². The van der Waals surface area contributed by atoms with Gasteiger partial charge in [0.15, 0.2) is 0 Å². The standard InChI is InChI=1S/C17H31NO3/c1-3-20-16(19)17(2,18-14-10-11-14)12-6-7-13-21-15-8-4-5-9-15/h14-15,18H,3-13H2,1-2H3. The lowest BCUT2D eigenvalue weighted by Gasteiger charge is -2.28. The van der Waals surface area contributed by atoms with E-state index in [0.717, 1.165) is 25.9 Å². The van der Waals surface area contributed by atoms with Crippen LogP contribution in [-0.2, 0) is 14.3 Å². The molecule has 2 rings (SSSR count). The van der Waals surface area contributed by atoms with Crippen molar-refractivity contribution in [1.29, 1.82) is 0 Å². The van der Waals surface area contributed by atoms with Crippen LogP contribution in [-0.4, -0.2) is 36.9 Å². The average molecular weight is 297 g/mol. The summed E-state index contributed by atoms with van der Waals surface area (Å²) >= 11 is 0. The van der Waals surface area contributed by atoms with Crippen LogP contribution in [0.2, 0.25) is 0 Å². The Hall–Kier alpha value is -0.610. The molecular formula is C17H31NO3. The van der Waals surface area contributed by atoms with Crippen molar-refractivity contribution >= 4 is 5.97 Å². The summed E-state index contributed by atoms with van der Waals surface area (Å²) in [6.07, 6.45) is 10.8. The summed E-state index contributed by atoms with van der Waals surface area (Å²) in [5, 5.41) is 3.47. The van der Waals surface area contributed by atoms with Gasteiger partial charge in [-0.25, -0.2) is 0 Å². The number of ether oxygens (including phenoxy) is 2. The first-order valence-corrected chi connectivity index (χ1v) is 8.70. The van der Waals surface area contributed by atoms with Crippen molar-refractivity contribution in [1.82, 2.24) is 5.32 Å². The van der Waals surface area contributed by atoms with Crippen molar-refractivity contribution in [3.8, 4) is 0 Å². The van der Waals surface area contributed by atoms with Gasteiger partial charge in [0.05, 0.1) is 12.7 Å². The Morgan fingerprint density at radius 2 is 1.90 bits per heavy atom. The van der Waals surface area contributed by atoms with E-state index >= 15 is 0 Å². The van der Waals surface area contributed by atoms with Gasteiger partial charge in [-0.3, -0.25) is 10.1 Å². The van der Waals surface area contributed by atoms with E-state index in [1.54, 1.807) is 0 Å². The molecule has 2 fully saturated rings. The van der Waals surface area contributed by atoms with Crippen molar-refractivity contribution in [3.63, 3.8) is 0 Å². The minimum atomic E-state index is -0.523. The van der Waals surface area contributed by atoms with Crippen molar-refractivity contribution in [3.05, 3.63) is 0 Å². The Morgan fingerprint density at radius 3 is 2.52 bits per heavy atom. The van der Waals surface area contributed by atoms with Gasteiger partial charge < -0.3 is 9.47 Å². The summed E-state index contributed by atoms with van der Waals surface area (Å²) in [4.78, 5) is 12.2. The molecule has 0 bridgehead atoms. The average Bonchev–Trinajstić information content (AvgIpc) is 3.11. The van der Waals surface area contributed by atoms with Crippen molar-refractivity contribution in [2.45, 2.75) is 89.3 Å². The predicted molar refractivity (Wildman–Crippen MR) is 83.3 cm³/mol. The van der Waals surface area contributed by atoms with Gasteiger partial charge >= 0.3 is 5.97 Å². The second kappa shape index (κ2) is 8.14. The fraction of sp³-hybridized carbons (Fsp3) is 0.941. The molecule has 0 aromatic carbocycles. The lowest BCUT2D eigenvalue weighted by Crippen LogP contribution is -2.51. The highest BCUT2D eigenvalue weighted by atomic mass is 16.5. The molecule has 0 saturated heterocycles. The van der Waals surface area contributed by atoms with Gasteiger partial charge in [-0.15, -0.1) is 0 Å². The molecule has 0 radical (unpaired) electrons. The minimum absolute atomic E-state index is 0.103. The third-order valence-electron chi connectivity index (χ3n) is 4.55. The molecule has 21 heavy (non-hydrogen) atoms. The summed E-state index contributed by atoms with van der Waals surface area (Å²) < 4.78 is 11.1. The molecule has 4 nitrogen and oxygen atoms in total. The summed E-state index contributed by atoms with van der Waals surface area (Å²) in [5.41, 5.74) is -0.523. The molecular weight excluding hydrogens is 266 g/mol. The van der Waals surface area contributed by atoms with Gasteiger partial charge in [0, 0.05) is 12.6 Å². The first-order valence-electron chi connectivity index (χ1n) is 8.70. The number of hydrogen-bond acceptors (Lipinski definition) is 4. The quantitative estimate of drug-likeness (QED) is 0.497. The molecule has 1 unspecified atom stereocenters. The van der Waals surface area contributed by atoms with Gasteiger partial charge in [0.25, 0.3) is 0 Å². The zero-order valence-electron chi connectivity index (χ0n) is 13.7. The number of rotatable bonds is 10. The van der Waals surface area contributed by atoms with Crippen molar-refractivity contribution < 1.29 is 14.3 Å². The Balaban J connectivity index is 1.66. The van der Waals surface area contributed by atoms with E-state index in [-0.39, 0.29) is 5.97 Å². The van der Waals surface area contributed by atoms with Gasteiger partial charge in [-0.05, 0) is 58.8 Å². The maximum atomic E-state index is 12.2. The van der Waals surface area contributed by atoms with E-state index in [2.05, 4.69) is 5.32 Å².